The van der Waals surface area contributed by atoms with E-state index in [2.05, 4.69) is 20.9 Å². The summed E-state index contributed by atoms with van der Waals surface area (Å²) >= 11 is 6.26. The van der Waals surface area contributed by atoms with Crippen molar-refractivity contribution in [2.45, 2.75) is 13.0 Å². The van der Waals surface area contributed by atoms with Gasteiger partial charge in [0.1, 0.15) is 11.8 Å². The largest absolute Gasteiger partial charge is 0.496 e. The zero-order valence-corrected chi connectivity index (χ0v) is 19.6. The van der Waals surface area contributed by atoms with E-state index in [9.17, 15) is 9.59 Å². The van der Waals surface area contributed by atoms with Gasteiger partial charge in [-0.3, -0.25) is 9.36 Å². The average Bonchev–Trinajstić information content (AvgIpc) is 3.36. The Hall–Kier alpha value is -2.49. The van der Waals surface area contributed by atoms with Crippen molar-refractivity contribution in [3.63, 3.8) is 0 Å². The molecule has 0 radical (unpaired) electrons. The van der Waals surface area contributed by atoms with Gasteiger partial charge in [0.2, 0.25) is 0 Å². The lowest BCUT2D eigenvalue weighted by atomic mass is 10.0. The summed E-state index contributed by atoms with van der Waals surface area (Å²) in [6.07, 6.45) is 1.82. The number of ether oxygens (including phenoxy) is 2. The summed E-state index contributed by atoms with van der Waals surface area (Å²) in [6.45, 7) is 1.77. The van der Waals surface area contributed by atoms with Crippen molar-refractivity contribution in [3.05, 3.63) is 81.6 Å². The number of esters is 1. The monoisotopic (exact) mass is 504 g/mol. The van der Waals surface area contributed by atoms with E-state index in [0.29, 0.717) is 26.4 Å². The van der Waals surface area contributed by atoms with Gasteiger partial charge in [-0.05, 0) is 58.1 Å². The molecule has 154 valence electrons. The molecule has 1 aliphatic rings. The first-order chi connectivity index (χ1) is 14.4. The second-order valence-corrected chi connectivity index (χ2v) is 9.33. The Morgan fingerprint density at radius 3 is 2.73 bits per heavy atom. The number of aromatic nitrogens is 1. The van der Waals surface area contributed by atoms with Gasteiger partial charge < -0.3 is 9.47 Å². The molecule has 0 saturated heterocycles. The van der Waals surface area contributed by atoms with E-state index in [1.165, 1.54) is 29.8 Å². The minimum absolute atomic E-state index is 0.196. The number of allylic oxidation sites excluding steroid dienone is 1. The van der Waals surface area contributed by atoms with Crippen molar-refractivity contribution in [2.24, 2.45) is 4.99 Å². The number of benzene rings is 1. The normalized spacial score (nSPS) is 16.3. The fourth-order valence-electron chi connectivity index (χ4n) is 3.33. The Morgan fingerprint density at radius 1 is 1.30 bits per heavy atom. The molecule has 0 bridgehead atoms. The molecule has 1 unspecified atom stereocenters. The highest BCUT2D eigenvalue weighted by molar-refractivity contribution is 9.10. The van der Waals surface area contributed by atoms with Gasteiger partial charge in [-0.2, -0.15) is 0 Å². The Labute approximate surface area is 188 Å². The van der Waals surface area contributed by atoms with E-state index in [1.54, 1.807) is 18.6 Å². The number of rotatable bonds is 4. The summed E-state index contributed by atoms with van der Waals surface area (Å²) in [4.78, 5) is 31.9. The van der Waals surface area contributed by atoms with Gasteiger partial charge in [-0.15, -0.1) is 11.3 Å². The summed E-state index contributed by atoms with van der Waals surface area (Å²) in [7, 11) is 2.93. The number of carbonyl (C=O) groups excluding carboxylic acids is 1. The quantitative estimate of drug-likeness (QED) is 0.511. The lowest BCUT2D eigenvalue weighted by Gasteiger charge is -2.22. The van der Waals surface area contributed by atoms with Gasteiger partial charge in [-0.1, -0.05) is 23.5 Å². The van der Waals surface area contributed by atoms with Crippen LogP contribution in [0.2, 0.25) is 0 Å². The predicted octanol–water partition coefficient (Wildman–Crippen LogP) is 3.24. The van der Waals surface area contributed by atoms with Gasteiger partial charge in [-0.25, -0.2) is 9.79 Å². The molecule has 3 aromatic rings. The lowest BCUT2D eigenvalue weighted by molar-refractivity contribution is -0.136. The van der Waals surface area contributed by atoms with Crippen molar-refractivity contribution < 1.29 is 14.3 Å². The number of methoxy groups -OCH3 is 2. The second-order valence-electron chi connectivity index (χ2n) is 6.48. The number of carbonyl (C=O) groups is 1. The molecule has 2 aromatic heterocycles. The van der Waals surface area contributed by atoms with E-state index >= 15 is 0 Å². The Kier molecular flexibility index (Phi) is 5.77. The number of hydrogen-bond acceptors (Lipinski definition) is 7. The van der Waals surface area contributed by atoms with Gasteiger partial charge in [0.15, 0.2) is 4.80 Å². The van der Waals surface area contributed by atoms with Crippen LogP contribution in [-0.2, 0) is 9.53 Å². The van der Waals surface area contributed by atoms with Crippen LogP contribution in [0.25, 0.3) is 6.08 Å². The predicted molar refractivity (Wildman–Crippen MR) is 121 cm³/mol. The van der Waals surface area contributed by atoms with Crippen LogP contribution in [0.3, 0.4) is 0 Å². The number of thiazole rings is 1. The third-order valence-electron chi connectivity index (χ3n) is 4.71. The van der Waals surface area contributed by atoms with Crippen LogP contribution in [0.1, 0.15) is 23.4 Å². The molecule has 0 aliphatic carbocycles. The van der Waals surface area contributed by atoms with Crippen LogP contribution >= 0.6 is 38.6 Å². The highest BCUT2D eigenvalue weighted by Crippen LogP contribution is 2.33. The molecule has 0 spiro atoms. The van der Waals surface area contributed by atoms with Crippen LogP contribution in [0.5, 0.6) is 5.75 Å². The van der Waals surface area contributed by atoms with Crippen molar-refractivity contribution in [1.82, 2.24) is 4.57 Å². The van der Waals surface area contributed by atoms with Crippen LogP contribution in [0.15, 0.2) is 61.2 Å². The van der Waals surface area contributed by atoms with E-state index in [4.69, 9.17) is 9.47 Å². The molecule has 6 nitrogen and oxygen atoms in total. The summed E-state index contributed by atoms with van der Waals surface area (Å²) in [5.74, 6) is 0.229. The Bertz CT molecular complexity index is 1340. The number of fused-ring (bicyclic) bond motifs is 1. The highest BCUT2D eigenvalue weighted by Gasteiger charge is 2.33. The summed E-state index contributed by atoms with van der Waals surface area (Å²) < 4.78 is 13.2. The van der Waals surface area contributed by atoms with Crippen LogP contribution < -0.4 is 19.6 Å². The molecular formula is C21H17BrN2O4S2. The molecule has 1 aliphatic heterocycles. The van der Waals surface area contributed by atoms with Crippen LogP contribution in [0.4, 0.5) is 0 Å². The number of thiophene rings is 1. The van der Waals surface area contributed by atoms with Crippen molar-refractivity contribution in [1.29, 1.82) is 0 Å². The zero-order chi connectivity index (χ0) is 21.4. The first-order valence-corrected chi connectivity index (χ1v) is 11.4. The van der Waals surface area contributed by atoms with Crippen molar-refractivity contribution in [3.8, 4) is 5.75 Å². The molecule has 0 amide bonds. The average molecular weight is 505 g/mol. The third-order valence-corrected chi connectivity index (χ3v) is 7.24. The molecule has 1 atom stereocenters. The maximum atomic E-state index is 13.4. The van der Waals surface area contributed by atoms with E-state index < -0.39 is 12.0 Å². The van der Waals surface area contributed by atoms with Gasteiger partial charge >= 0.3 is 5.97 Å². The minimum Gasteiger partial charge on any atom is -0.496 e. The van der Waals surface area contributed by atoms with Gasteiger partial charge in [0.25, 0.3) is 5.56 Å². The number of nitrogens with zero attached hydrogens (tertiary/aromatic N) is 2. The molecular weight excluding hydrogens is 488 g/mol. The van der Waals surface area contributed by atoms with Crippen molar-refractivity contribution in [2.75, 3.05) is 14.2 Å². The molecule has 0 saturated carbocycles. The SMILES string of the molecule is COC(=O)C1=C(C)N=c2sc(=Cc3ccc(OC)c(Br)c3)c(=O)n2C1c1cccs1. The van der Waals surface area contributed by atoms with Crippen molar-refractivity contribution >= 4 is 50.6 Å². The molecule has 3 heterocycles. The van der Waals surface area contributed by atoms with E-state index in [-0.39, 0.29) is 5.56 Å². The summed E-state index contributed by atoms with van der Waals surface area (Å²) in [5.41, 5.74) is 1.59. The highest BCUT2D eigenvalue weighted by atomic mass is 79.9. The third kappa shape index (κ3) is 3.57. The molecule has 1 aromatic carbocycles. The second kappa shape index (κ2) is 8.33. The van der Waals surface area contributed by atoms with E-state index in [1.807, 2.05) is 41.8 Å². The fraction of sp³-hybridized carbons (Fsp3) is 0.190. The summed E-state index contributed by atoms with van der Waals surface area (Å²) in [6, 6.07) is 8.85. The van der Waals surface area contributed by atoms with Gasteiger partial charge in [0.05, 0.1) is 34.5 Å². The van der Waals surface area contributed by atoms with Gasteiger partial charge in [0, 0.05) is 4.88 Å². The maximum Gasteiger partial charge on any atom is 0.338 e. The first kappa shape index (κ1) is 20.8. The molecule has 0 fully saturated rings. The molecule has 4 rings (SSSR count). The summed E-state index contributed by atoms with van der Waals surface area (Å²) in [5, 5.41) is 1.92. The zero-order valence-electron chi connectivity index (χ0n) is 16.3. The molecule has 9 heteroatoms. The molecule has 30 heavy (non-hydrogen) atoms. The molecule has 0 N–H and O–H groups in total. The van der Waals surface area contributed by atoms with Crippen LogP contribution in [0, 0.1) is 0 Å². The topological polar surface area (TPSA) is 69.9 Å². The Morgan fingerprint density at radius 2 is 2.10 bits per heavy atom. The maximum absolute atomic E-state index is 13.4. The van der Waals surface area contributed by atoms with E-state index in [0.717, 1.165) is 14.9 Å². The first-order valence-electron chi connectivity index (χ1n) is 8.92. The smallest absolute Gasteiger partial charge is 0.338 e. The van der Waals surface area contributed by atoms with Crippen LogP contribution in [-0.4, -0.2) is 24.8 Å². The minimum atomic E-state index is -0.557. The number of halogens is 1. The lowest BCUT2D eigenvalue weighted by Crippen LogP contribution is -2.39. The number of hydrogen-bond donors (Lipinski definition) is 0. The fourth-order valence-corrected chi connectivity index (χ4v) is 5.76. The Balaban J connectivity index is 1.93. The standard InChI is InChI=1S/C21H17BrN2O4S2/c1-11-17(20(26)28-3)18(15-5-4-8-29-15)24-19(25)16(30-21(24)23-11)10-12-6-7-14(27-2)13(22)9-12/h4-10,18H,1-3H3.